The lowest BCUT2D eigenvalue weighted by Gasteiger charge is -2.13. The van der Waals surface area contributed by atoms with E-state index in [0.717, 1.165) is 5.56 Å². The lowest BCUT2D eigenvalue weighted by Crippen LogP contribution is -2.36. The van der Waals surface area contributed by atoms with Gasteiger partial charge in [-0.25, -0.2) is 0 Å². The van der Waals surface area contributed by atoms with Crippen LogP contribution in [0.5, 0.6) is 0 Å². The fourth-order valence-corrected chi connectivity index (χ4v) is 1.61. The average molecular weight is 261 g/mol. The summed E-state index contributed by atoms with van der Waals surface area (Å²) in [4.78, 5) is 11.9. The Morgan fingerprint density at radius 1 is 1.42 bits per heavy atom. The van der Waals surface area contributed by atoms with Crippen LogP contribution in [0.3, 0.4) is 0 Å². The third-order valence-corrected chi connectivity index (χ3v) is 2.80. The number of hydrogen-bond donors (Lipinski definition) is 2. The summed E-state index contributed by atoms with van der Waals surface area (Å²) in [5.74, 6) is 0.201. The summed E-state index contributed by atoms with van der Waals surface area (Å²) < 4.78 is 5.06. The number of hydrogen-bond acceptors (Lipinski definition) is 5. The van der Waals surface area contributed by atoms with Gasteiger partial charge in [0, 0.05) is 11.1 Å². The average Bonchev–Trinajstić information content (AvgIpc) is 2.99. The van der Waals surface area contributed by atoms with Crippen LogP contribution in [0.2, 0.25) is 0 Å². The van der Waals surface area contributed by atoms with Crippen LogP contribution >= 0.6 is 0 Å². The SMILES string of the molecule is CC[C@H](CO)NC(=O)c1ccc(-c2nnco2)cc1. The molecule has 0 radical (unpaired) electrons. The number of nitrogens with one attached hydrogen (secondary N) is 1. The van der Waals surface area contributed by atoms with Crippen molar-refractivity contribution in [3.63, 3.8) is 0 Å². The number of benzene rings is 1. The van der Waals surface area contributed by atoms with E-state index in [1.54, 1.807) is 24.3 Å². The first-order valence-electron chi connectivity index (χ1n) is 6.03. The molecule has 6 nitrogen and oxygen atoms in total. The fraction of sp³-hybridized carbons (Fsp3) is 0.308. The van der Waals surface area contributed by atoms with Gasteiger partial charge in [-0.15, -0.1) is 10.2 Å². The van der Waals surface area contributed by atoms with Crippen LogP contribution in [0.25, 0.3) is 11.5 Å². The molecule has 6 heteroatoms. The summed E-state index contributed by atoms with van der Waals surface area (Å²) in [6, 6.07) is 6.62. The Morgan fingerprint density at radius 2 is 2.16 bits per heavy atom. The molecule has 2 aromatic rings. The number of nitrogens with zero attached hydrogens (tertiary/aromatic N) is 2. The van der Waals surface area contributed by atoms with Gasteiger partial charge in [0.1, 0.15) is 0 Å². The molecule has 0 bridgehead atoms. The van der Waals surface area contributed by atoms with E-state index in [9.17, 15) is 4.79 Å². The molecule has 2 rings (SSSR count). The fourth-order valence-electron chi connectivity index (χ4n) is 1.61. The molecule has 100 valence electrons. The maximum absolute atomic E-state index is 11.9. The molecule has 19 heavy (non-hydrogen) atoms. The number of aromatic nitrogens is 2. The quantitative estimate of drug-likeness (QED) is 0.845. The molecule has 0 aliphatic carbocycles. The highest BCUT2D eigenvalue weighted by atomic mass is 16.4. The first-order valence-corrected chi connectivity index (χ1v) is 6.03. The first kappa shape index (κ1) is 13.2. The van der Waals surface area contributed by atoms with Crippen LogP contribution in [-0.2, 0) is 0 Å². The highest BCUT2D eigenvalue weighted by Gasteiger charge is 2.11. The van der Waals surface area contributed by atoms with Crippen molar-refractivity contribution in [2.75, 3.05) is 6.61 Å². The topological polar surface area (TPSA) is 88.2 Å². The molecule has 1 amide bonds. The minimum atomic E-state index is -0.219. The molecular formula is C13H15N3O3. The molecule has 0 saturated carbocycles. The summed E-state index contributed by atoms with van der Waals surface area (Å²) in [6.45, 7) is 1.84. The zero-order chi connectivity index (χ0) is 13.7. The first-order chi connectivity index (χ1) is 9.24. The van der Waals surface area contributed by atoms with Crippen LogP contribution in [0.15, 0.2) is 35.1 Å². The number of aliphatic hydroxyl groups is 1. The van der Waals surface area contributed by atoms with E-state index in [1.165, 1.54) is 6.39 Å². The molecule has 1 heterocycles. The third kappa shape index (κ3) is 3.17. The number of carbonyl (C=O) groups excluding carboxylic acids is 1. The molecule has 2 N–H and O–H groups in total. The molecular weight excluding hydrogens is 246 g/mol. The molecule has 0 fully saturated rings. The lowest BCUT2D eigenvalue weighted by molar-refractivity contribution is 0.0915. The van der Waals surface area contributed by atoms with Gasteiger partial charge in [-0.2, -0.15) is 0 Å². The predicted molar refractivity (Wildman–Crippen MR) is 68.4 cm³/mol. The molecule has 0 unspecified atom stereocenters. The second kappa shape index (κ2) is 6.10. The number of carbonyl (C=O) groups is 1. The van der Waals surface area contributed by atoms with E-state index >= 15 is 0 Å². The van der Waals surface area contributed by atoms with Gasteiger partial charge < -0.3 is 14.8 Å². The van der Waals surface area contributed by atoms with Crippen molar-refractivity contribution in [3.8, 4) is 11.5 Å². The minimum Gasteiger partial charge on any atom is -0.423 e. The highest BCUT2D eigenvalue weighted by Crippen LogP contribution is 2.16. The van der Waals surface area contributed by atoms with E-state index in [0.29, 0.717) is 17.9 Å². The third-order valence-electron chi connectivity index (χ3n) is 2.80. The van der Waals surface area contributed by atoms with Crippen molar-refractivity contribution < 1.29 is 14.3 Å². The molecule has 0 saturated heterocycles. The Bertz CT molecular complexity index is 519. The van der Waals surface area contributed by atoms with Crippen LogP contribution in [0, 0.1) is 0 Å². The number of rotatable bonds is 5. The zero-order valence-corrected chi connectivity index (χ0v) is 10.5. The molecule has 1 aromatic heterocycles. The van der Waals surface area contributed by atoms with Gasteiger partial charge in [0.25, 0.3) is 5.91 Å². The lowest BCUT2D eigenvalue weighted by atomic mass is 10.1. The van der Waals surface area contributed by atoms with Gasteiger partial charge in [-0.05, 0) is 30.7 Å². The standard InChI is InChI=1S/C13H15N3O3/c1-2-11(7-17)15-12(18)9-3-5-10(6-4-9)13-16-14-8-19-13/h3-6,8,11,17H,2,7H2,1H3,(H,15,18)/t11-/m1/s1. The minimum absolute atomic E-state index is 0.0672. The molecule has 1 atom stereocenters. The van der Waals surface area contributed by atoms with E-state index in [4.69, 9.17) is 9.52 Å². The summed E-state index contributed by atoms with van der Waals surface area (Å²) in [5, 5.41) is 19.2. The zero-order valence-electron chi connectivity index (χ0n) is 10.5. The van der Waals surface area contributed by atoms with E-state index in [1.807, 2.05) is 6.92 Å². The molecule has 0 aliphatic rings. The van der Waals surface area contributed by atoms with Gasteiger partial charge in [0.2, 0.25) is 12.3 Å². The Morgan fingerprint density at radius 3 is 2.68 bits per heavy atom. The smallest absolute Gasteiger partial charge is 0.251 e. The Hall–Kier alpha value is -2.21. The largest absolute Gasteiger partial charge is 0.423 e. The highest BCUT2D eigenvalue weighted by molar-refractivity contribution is 5.94. The van der Waals surface area contributed by atoms with Gasteiger partial charge in [0.05, 0.1) is 12.6 Å². The van der Waals surface area contributed by atoms with Crippen LogP contribution in [0.1, 0.15) is 23.7 Å². The summed E-state index contributed by atoms with van der Waals surface area (Å²) >= 11 is 0. The predicted octanol–water partition coefficient (Wildman–Crippen LogP) is 1.24. The van der Waals surface area contributed by atoms with Crippen molar-refractivity contribution in [1.82, 2.24) is 15.5 Å². The normalized spacial score (nSPS) is 12.1. The van der Waals surface area contributed by atoms with Crippen LogP contribution in [-0.4, -0.2) is 33.9 Å². The van der Waals surface area contributed by atoms with Crippen LogP contribution in [0.4, 0.5) is 0 Å². The number of amides is 1. The van der Waals surface area contributed by atoms with E-state index in [2.05, 4.69) is 15.5 Å². The number of aliphatic hydroxyl groups excluding tert-OH is 1. The van der Waals surface area contributed by atoms with E-state index in [-0.39, 0.29) is 18.6 Å². The maximum Gasteiger partial charge on any atom is 0.251 e. The summed E-state index contributed by atoms with van der Waals surface area (Å²) in [6.07, 6.45) is 1.94. The summed E-state index contributed by atoms with van der Waals surface area (Å²) in [5.41, 5.74) is 1.28. The van der Waals surface area contributed by atoms with Crippen molar-refractivity contribution in [2.24, 2.45) is 0 Å². The molecule has 0 spiro atoms. The van der Waals surface area contributed by atoms with Gasteiger partial charge in [-0.1, -0.05) is 6.92 Å². The Labute approximate surface area is 110 Å². The Balaban J connectivity index is 2.08. The monoisotopic (exact) mass is 261 g/mol. The van der Waals surface area contributed by atoms with Crippen LogP contribution < -0.4 is 5.32 Å². The van der Waals surface area contributed by atoms with Gasteiger partial charge in [0.15, 0.2) is 0 Å². The van der Waals surface area contributed by atoms with Crippen molar-refractivity contribution in [2.45, 2.75) is 19.4 Å². The maximum atomic E-state index is 11.9. The second-order valence-electron chi connectivity index (χ2n) is 4.08. The van der Waals surface area contributed by atoms with Crippen molar-refractivity contribution in [3.05, 3.63) is 36.2 Å². The molecule has 1 aromatic carbocycles. The molecule has 0 aliphatic heterocycles. The second-order valence-corrected chi connectivity index (χ2v) is 4.08. The summed E-state index contributed by atoms with van der Waals surface area (Å²) in [7, 11) is 0. The van der Waals surface area contributed by atoms with E-state index < -0.39 is 0 Å². The van der Waals surface area contributed by atoms with Crippen molar-refractivity contribution in [1.29, 1.82) is 0 Å². The Kier molecular flexibility index (Phi) is 4.25. The van der Waals surface area contributed by atoms with Gasteiger partial charge >= 0.3 is 0 Å². The van der Waals surface area contributed by atoms with Crippen molar-refractivity contribution >= 4 is 5.91 Å². The van der Waals surface area contributed by atoms with Gasteiger partial charge in [-0.3, -0.25) is 4.79 Å².